The second-order valence-electron chi connectivity index (χ2n) is 8.36. The van der Waals surface area contributed by atoms with E-state index in [1.54, 1.807) is 16.7 Å². The Balaban J connectivity index is 1.92. The molecule has 0 aliphatic carbocycles. The van der Waals surface area contributed by atoms with Crippen molar-refractivity contribution in [2.45, 2.75) is 38.0 Å². The molecule has 3 aliphatic heterocycles. The fourth-order valence-electron chi connectivity index (χ4n) is 5.86. The molecule has 154 valence electrons. The van der Waals surface area contributed by atoms with Gasteiger partial charge in [-0.25, -0.2) is 4.79 Å². The van der Waals surface area contributed by atoms with Gasteiger partial charge in [0.2, 0.25) is 5.72 Å². The van der Waals surface area contributed by atoms with Crippen molar-refractivity contribution < 1.29 is 24.5 Å². The molecule has 0 saturated heterocycles. The van der Waals surface area contributed by atoms with Gasteiger partial charge in [-0.2, -0.15) is 0 Å². The number of aliphatic hydroxyl groups is 1. The topological polar surface area (TPSA) is 84.2 Å². The van der Waals surface area contributed by atoms with Gasteiger partial charge in [0.05, 0.1) is 25.8 Å². The summed E-state index contributed by atoms with van der Waals surface area (Å²) in [5.41, 5.74) is 0.504. The van der Waals surface area contributed by atoms with Gasteiger partial charge in [-0.3, -0.25) is 4.90 Å². The minimum Gasteiger partial charge on any atom is -0.504 e. The first kappa shape index (κ1) is 18.5. The van der Waals surface area contributed by atoms with Crippen molar-refractivity contribution in [3.05, 3.63) is 35.5 Å². The molecular weight excluding hydrogens is 372 g/mol. The predicted octanol–water partition coefficient (Wildman–Crippen LogP) is 2.44. The molecule has 7 nitrogen and oxygen atoms in total. The maximum atomic E-state index is 12.9. The number of carbonyl (C=O) groups is 1. The fraction of sp³-hybridized carbons (Fsp3) is 0.500. The molecule has 1 aromatic heterocycles. The number of rotatable bonds is 3. The van der Waals surface area contributed by atoms with Gasteiger partial charge >= 0.3 is 5.97 Å². The average molecular weight is 398 g/mol. The monoisotopic (exact) mass is 398 g/mol. The van der Waals surface area contributed by atoms with E-state index in [4.69, 9.17) is 9.47 Å². The molecule has 29 heavy (non-hydrogen) atoms. The van der Waals surface area contributed by atoms with Crippen LogP contribution in [0.4, 0.5) is 0 Å². The summed E-state index contributed by atoms with van der Waals surface area (Å²) < 4.78 is 12.1. The third-order valence-corrected chi connectivity index (χ3v) is 7.14. The zero-order valence-electron chi connectivity index (χ0n) is 16.9. The summed E-state index contributed by atoms with van der Waals surface area (Å²) in [5.74, 6) is -0.316. The van der Waals surface area contributed by atoms with Gasteiger partial charge in [0.15, 0.2) is 11.5 Å². The maximum Gasteiger partial charge on any atom is 0.359 e. The first-order chi connectivity index (χ1) is 13.9. The molecule has 0 radical (unpaired) electrons. The predicted molar refractivity (Wildman–Crippen MR) is 107 cm³/mol. The highest BCUT2D eigenvalue weighted by Gasteiger charge is 2.59. The zero-order valence-corrected chi connectivity index (χ0v) is 16.9. The number of phenolic OH excluding ortho intramolecular Hbond substituents is 1. The Morgan fingerprint density at radius 3 is 2.83 bits per heavy atom. The van der Waals surface area contributed by atoms with E-state index >= 15 is 0 Å². The quantitative estimate of drug-likeness (QED) is 0.610. The van der Waals surface area contributed by atoms with Crippen LogP contribution < -0.4 is 4.74 Å². The molecule has 3 atom stereocenters. The van der Waals surface area contributed by atoms with Crippen LogP contribution in [-0.4, -0.2) is 53.0 Å². The molecule has 0 bridgehead atoms. The number of aromatic nitrogens is 1. The standard InChI is InChI=1S/C22H26N2O5/c1-4-21-7-5-8-23-9-6-13-14-10-16(25)17(28-2)11-15(14)24(18(13)19(21)23)22(27,12-21)20(26)29-3/h5,7,10-11,19,25,27H,4,6,8-9,12H2,1-3H3/t19-,21+,22+/m1/s1. The summed E-state index contributed by atoms with van der Waals surface area (Å²) in [6.45, 7) is 3.85. The van der Waals surface area contributed by atoms with Gasteiger partial charge in [0, 0.05) is 42.1 Å². The highest BCUT2D eigenvalue weighted by Crippen LogP contribution is 2.59. The molecule has 5 rings (SSSR count). The van der Waals surface area contributed by atoms with Crippen molar-refractivity contribution in [2.75, 3.05) is 27.3 Å². The number of ether oxygens (including phenoxy) is 2. The van der Waals surface area contributed by atoms with Gasteiger partial charge in [-0.05, 0) is 24.5 Å². The Morgan fingerprint density at radius 1 is 1.34 bits per heavy atom. The van der Waals surface area contributed by atoms with Crippen molar-refractivity contribution in [3.63, 3.8) is 0 Å². The summed E-state index contributed by atoms with van der Waals surface area (Å²) in [5, 5.41) is 23.1. The van der Waals surface area contributed by atoms with Gasteiger partial charge in [-0.1, -0.05) is 19.1 Å². The van der Waals surface area contributed by atoms with E-state index in [-0.39, 0.29) is 23.6 Å². The first-order valence-corrected chi connectivity index (χ1v) is 10.1. The second-order valence-corrected chi connectivity index (χ2v) is 8.36. The van der Waals surface area contributed by atoms with E-state index in [1.807, 2.05) is 0 Å². The molecule has 2 N–H and O–H groups in total. The number of aromatic hydroxyl groups is 1. The number of phenols is 1. The Kier molecular flexibility index (Phi) is 3.83. The van der Waals surface area contributed by atoms with Crippen LogP contribution in [0.3, 0.4) is 0 Å². The van der Waals surface area contributed by atoms with Crippen LogP contribution in [0.15, 0.2) is 24.3 Å². The minimum atomic E-state index is -1.83. The third-order valence-electron chi connectivity index (χ3n) is 7.14. The van der Waals surface area contributed by atoms with E-state index < -0.39 is 11.7 Å². The molecular formula is C22H26N2O5. The molecule has 0 unspecified atom stereocenters. The molecule has 2 aromatic rings. The molecule has 7 heteroatoms. The van der Waals surface area contributed by atoms with Crippen LogP contribution in [-0.2, 0) is 21.7 Å². The van der Waals surface area contributed by atoms with E-state index in [0.717, 1.165) is 42.6 Å². The molecule has 0 saturated carbocycles. The van der Waals surface area contributed by atoms with Crippen molar-refractivity contribution in [3.8, 4) is 11.5 Å². The molecule has 3 aliphatic rings. The number of carbonyl (C=O) groups excluding carboxylic acids is 1. The highest BCUT2D eigenvalue weighted by molar-refractivity contribution is 5.92. The lowest BCUT2D eigenvalue weighted by molar-refractivity contribution is -0.187. The maximum absolute atomic E-state index is 12.9. The number of nitrogens with zero attached hydrogens (tertiary/aromatic N) is 2. The number of hydrogen-bond acceptors (Lipinski definition) is 6. The third kappa shape index (κ3) is 2.17. The lowest BCUT2D eigenvalue weighted by atomic mass is 9.64. The number of methoxy groups -OCH3 is 2. The number of esters is 1. The molecule has 1 aromatic carbocycles. The van der Waals surface area contributed by atoms with Gasteiger partial charge in [0.1, 0.15) is 0 Å². The molecule has 4 heterocycles. The van der Waals surface area contributed by atoms with Crippen LogP contribution in [0.1, 0.15) is 37.1 Å². The van der Waals surface area contributed by atoms with Gasteiger partial charge < -0.3 is 24.3 Å². The Hall–Kier alpha value is -2.51. The van der Waals surface area contributed by atoms with E-state index in [0.29, 0.717) is 11.3 Å². The summed E-state index contributed by atoms with van der Waals surface area (Å²) in [6, 6.07) is 3.46. The second kappa shape index (κ2) is 6.00. The smallest absolute Gasteiger partial charge is 0.359 e. The Bertz CT molecular complexity index is 1060. The van der Waals surface area contributed by atoms with Gasteiger partial charge in [0.25, 0.3) is 0 Å². The van der Waals surface area contributed by atoms with E-state index in [1.165, 1.54) is 14.2 Å². The van der Waals surface area contributed by atoms with Crippen LogP contribution in [0.5, 0.6) is 11.5 Å². The summed E-state index contributed by atoms with van der Waals surface area (Å²) in [7, 11) is 2.79. The van der Waals surface area contributed by atoms with Crippen molar-refractivity contribution in [1.29, 1.82) is 0 Å². The largest absolute Gasteiger partial charge is 0.504 e. The Morgan fingerprint density at radius 2 is 2.14 bits per heavy atom. The Labute approximate surface area is 169 Å². The zero-order chi connectivity index (χ0) is 20.6. The number of fused-ring (bicyclic) bond motifs is 3. The van der Waals surface area contributed by atoms with Crippen LogP contribution in [0.2, 0.25) is 0 Å². The van der Waals surface area contributed by atoms with Crippen LogP contribution in [0, 0.1) is 5.41 Å². The highest BCUT2D eigenvalue weighted by atomic mass is 16.5. The van der Waals surface area contributed by atoms with Crippen LogP contribution in [0.25, 0.3) is 10.9 Å². The molecule has 0 fully saturated rings. The SMILES string of the molecule is CC[C@]12C=CCN3CCc4c(n(c5cc(OC)c(O)cc45)[C@@](O)(C(=O)OC)C1)[C@@H]32. The van der Waals surface area contributed by atoms with E-state index in [2.05, 4.69) is 24.0 Å². The van der Waals surface area contributed by atoms with Gasteiger partial charge in [-0.15, -0.1) is 0 Å². The van der Waals surface area contributed by atoms with E-state index in [9.17, 15) is 15.0 Å². The van der Waals surface area contributed by atoms with Crippen molar-refractivity contribution in [1.82, 2.24) is 9.47 Å². The minimum absolute atomic E-state index is 0.0496. The lowest BCUT2D eigenvalue weighted by Gasteiger charge is -2.55. The summed E-state index contributed by atoms with van der Waals surface area (Å²) in [4.78, 5) is 15.4. The first-order valence-electron chi connectivity index (χ1n) is 10.1. The molecule has 0 amide bonds. The van der Waals surface area contributed by atoms with Crippen molar-refractivity contribution in [2.24, 2.45) is 5.41 Å². The van der Waals surface area contributed by atoms with Crippen molar-refractivity contribution >= 4 is 16.9 Å². The van der Waals surface area contributed by atoms with Crippen LogP contribution >= 0.6 is 0 Å². The average Bonchev–Trinajstić information content (AvgIpc) is 3.06. The summed E-state index contributed by atoms with van der Waals surface area (Å²) in [6.07, 6.45) is 6.14. The number of hydrogen-bond donors (Lipinski definition) is 2. The summed E-state index contributed by atoms with van der Waals surface area (Å²) >= 11 is 0. The normalized spacial score (nSPS) is 30.3. The lowest BCUT2D eigenvalue weighted by Crippen LogP contribution is -2.58. The fourth-order valence-corrected chi connectivity index (χ4v) is 5.86. The number of benzene rings is 1. The molecule has 0 spiro atoms.